The van der Waals surface area contributed by atoms with Gasteiger partial charge in [0.25, 0.3) is 0 Å². The first-order valence-electron chi connectivity index (χ1n) is 9.15. The molecule has 8 nitrogen and oxygen atoms in total. The number of esters is 1. The molecule has 1 saturated heterocycles. The number of methoxy groups -OCH3 is 1. The molecule has 0 aliphatic carbocycles. The van der Waals surface area contributed by atoms with E-state index >= 15 is 0 Å². The molecule has 1 fully saturated rings. The Bertz CT molecular complexity index is 1110. The molecule has 0 spiro atoms. The van der Waals surface area contributed by atoms with Crippen LogP contribution in [-0.2, 0) is 14.8 Å². The Morgan fingerprint density at radius 3 is 2.52 bits per heavy atom. The zero-order chi connectivity index (χ0) is 20.4. The van der Waals surface area contributed by atoms with Gasteiger partial charge in [-0.25, -0.2) is 17.9 Å². The van der Waals surface area contributed by atoms with Crippen molar-refractivity contribution < 1.29 is 17.9 Å². The highest BCUT2D eigenvalue weighted by molar-refractivity contribution is 7.89. The van der Waals surface area contributed by atoms with Gasteiger partial charge in [-0.15, -0.1) is 5.10 Å². The van der Waals surface area contributed by atoms with Gasteiger partial charge in [-0.2, -0.15) is 4.31 Å². The monoisotopic (exact) mass is 412 g/mol. The van der Waals surface area contributed by atoms with E-state index in [4.69, 9.17) is 0 Å². The molecule has 1 aliphatic heterocycles. The molecule has 9 heteroatoms. The van der Waals surface area contributed by atoms with Gasteiger partial charge in [0, 0.05) is 18.7 Å². The fraction of sp³-hybridized carbons (Fsp3) is 0.250. The van der Waals surface area contributed by atoms with E-state index in [0.29, 0.717) is 25.1 Å². The average molecular weight is 412 g/mol. The van der Waals surface area contributed by atoms with E-state index in [1.807, 2.05) is 36.5 Å². The first kappa shape index (κ1) is 19.3. The Morgan fingerprint density at radius 2 is 1.83 bits per heavy atom. The van der Waals surface area contributed by atoms with Gasteiger partial charge in [0.1, 0.15) is 5.69 Å². The highest BCUT2D eigenvalue weighted by atomic mass is 32.2. The average Bonchev–Trinajstić information content (AvgIpc) is 3.44. The SMILES string of the molecule is COC(=O)c1ccc(S(=O)(=O)N2CCC(n3cc(-c4ccccc4)nn3)C2)cc1. The molecule has 29 heavy (non-hydrogen) atoms. The third kappa shape index (κ3) is 3.79. The molecule has 0 radical (unpaired) electrons. The molecule has 2 aromatic carbocycles. The van der Waals surface area contributed by atoms with Crippen molar-refractivity contribution in [2.24, 2.45) is 0 Å². The van der Waals surface area contributed by atoms with Crippen molar-refractivity contribution in [1.82, 2.24) is 19.3 Å². The van der Waals surface area contributed by atoms with Crippen LogP contribution in [0.25, 0.3) is 11.3 Å². The summed E-state index contributed by atoms with van der Waals surface area (Å²) in [5, 5.41) is 8.41. The molecule has 150 valence electrons. The van der Waals surface area contributed by atoms with Crippen LogP contribution in [0.5, 0.6) is 0 Å². The summed E-state index contributed by atoms with van der Waals surface area (Å²) < 4.78 is 33.7. The van der Waals surface area contributed by atoms with Crippen LogP contribution in [0, 0.1) is 0 Å². The minimum absolute atomic E-state index is 0.0796. The molecule has 4 rings (SSSR count). The fourth-order valence-corrected chi connectivity index (χ4v) is 4.86. The van der Waals surface area contributed by atoms with Crippen LogP contribution in [0.4, 0.5) is 0 Å². The van der Waals surface area contributed by atoms with Crippen molar-refractivity contribution in [2.45, 2.75) is 17.4 Å². The summed E-state index contributed by atoms with van der Waals surface area (Å²) in [6.45, 7) is 0.713. The van der Waals surface area contributed by atoms with Crippen LogP contribution >= 0.6 is 0 Å². The second kappa shape index (κ2) is 7.76. The normalized spacial score (nSPS) is 17.3. The third-order valence-electron chi connectivity index (χ3n) is 4.99. The Kier molecular flexibility index (Phi) is 5.16. The number of hydrogen-bond acceptors (Lipinski definition) is 6. The standard InChI is InChI=1S/C20H20N4O4S/c1-28-20(25)16-7-9-18(10-8-16)29(26,27)23-12-11-17(13-23)24-14-19(21-22-24)15-5-3-2-4-6-15/h2-10,14,17H,11-13H2,1H3. The molecule has 0 bridgehead atoms. The first-order valence-corrected chi connectivity index (χ1v) is 10.6. The Balaban J connectivity index is 1.49. The van der Waals surface area contributed by atoms with E-state index in [-0.39, 0.29) is 10.9 Å². The van der Waals surface area contributed by atoms with E-state index in [1.165, 1.54) is 35.7 Å². The molecule has 0 amide bonds. The largest absolute Gasteiger partial charge is 0.465 e. The van der Waals surface area contributed by atoms with Gasteiger partial charge in [0.15, 0.2) is 0 Å². The second-order valence-electron chi connectivity index (χ2n) is 6.77. The molecule has 1 aliphatic rings. The highest BCUT2D eigenvalue weighted by Gasteiger charge is 2.34. The molecule has 0 N–H and O–H groups in total. The lowest BCUT2D eigenvalue weighted by atomic mass is 10.2. The number of benzene rings is 2. The van der Waals surface area contributed by atoms with Gasteiger partial charge >= 0.3 is 5.97 Å². The molecular weight excluding hydrogens is 392 g/mol. The van der Waals surface area contributed by atoms with E-state index in [9.17, 15) is 13.2 Å². The van der Waals surface area contributed by atoms with Crippen molar-refractivity contribution in [3.05, 3.63) is 66.4 Å². The lowest BCUT2D eigenvalue weighted by Crippen LogP contribution is -2.29. The summed E-state index contributed by atoms with van der Waals surface area (Å²) in [7, 11) is -2.37. The minimum Gasteiger partial charge on any atom is -0.465 e. The predicted molar refractivity (Wildman–Crippen MR) is 106 cm³/mol. The lowest BCUT2D eigenvalue weighted by Gasteiger charge is -2.16. The molecular formula is C20H20N4O4S. The van der Waals surface area contributed by atoms with Crippen molar-refractivity contribution in [1.29, 1.82) is 0 Å². The van der Waals surface area contributed by atoms with E-state index in [0.717, 1.165) is 11.3 Å². The van der Waals surface area contributed by atoms with Crippen LogP contribution in [-0.4, -0.2) is 53.9 Å². The van der Waals surface area contributed by atoms with E-state index < -0.39 is 16.0 Å². The van der Waals surface area contributed by atoms with Crippen molar-refractivity contribution in [3.8, 4) is 11.3 Å². The fourth-order valence-electron chi connectivity index (χ4n) is 3.37. The molecule has 1 aromatic heterocycles. The number of sulfonamides is 1. The van der Waals surface area contributed by atoms with Crippen molar-refractivity contribution in [3.63, 3.8) is 0 Å². The third-order valence-corrected chi connectivity index (χ3v) is 6.87. The highest BCUT2D eigenvalue weighted by Crippen LogP contribution is 2.28. The second-order valence-corrected chi connectivity index (χ2v) is 8.71. The number of aromatic nitrogens is 3. The molecule has 1 atom stereocenters. The maximum absolute atomic E-state index is 13.0. The van der Waals surface area contributed by atoms with E-state index in [2.05, 4.69) is 15.0 Å². The van der Waals surface area contributed by atoms with E-state index in [1.54, 1.807) is 4.68 Å². The van der Waals surface area contributed by atoms with Gasteiger partial charge in [-0.05, 0) is 30.7 Å². The van der Waals surface area contributed by atoms with Gasteiger partial charge in [-0.3, -0.25) is 0 Å². The van der Waals surface area contributed by atoms with Crippen LogP contribution in [0.15, 0.2) is 65.7 Å². The lowest BCUT2D eigenvalue weighted by molar-refractivity contribution is 0.0600. The Hall–Kier alpha value is -3.04. The van der Waals surface area contributed by atoms with Gasteiger partial charge < -0.3 is 4.74 Å². The summed E-state index contributed by atoms with van der Waals surface area (Å²) in [6, 6.07) is 15.4. The minimum atomic E-state index is -3.65. The summed E-state index contributed by atoms with van der Waals surface area (Å²) in [5.74, 6) is -0.504. The van der Waals surface area contributed by atoms with Gasteiger partial charge in [-0.1, -0.05) is 35.5 Å². The number of carbonyl (C=O) groups excluding carboxylic acids is 1. The molecule has 3 aromatic rings. The number of carbonyl (C=O) groups is 1. The summed E-state index contributed by atoms with van der Waals surface area (Å²) in [6.07, 6.45) is 2.50. The molecule has 2 heterocycles. The number of nitrogens with zero attached hydrogens (tertiary/aromatic N) is 4. The summed E-state index contributed by atoms with van der Waals surface area (Å²) in [5.41, 5.74) is 2.03. The summed E-state index contributed by atoms with van der Waals surface area (Å²) >= 11 is 0. The van der Waals surface area contributed by atoms with Crippen LogP contribution in [0.1, 0.15) is 22.8 Å². The Labute approximate surface area is 168 Å². The van der Waals surface area contributed by atoms with Crippen LogP contribution < -0.4 is 0 Å². The quantitative estimate of drug-likeness (QED) is 0.597. The maximum Gasteiger partial charge on any atom is 0.337 e. The molecule has 0 saturated carbocycles. The van der Waals surface area contributed by atoms with Crippen LogP contribution in [0.3, 0.4) is 0 Å². The molecule has 1 unspecified atom stereocenters. The zero-order valence-corrected chi connectivity index (χ0v) is 16.6. The number of rotatable bonds is 5. The smallest absolute Gasteiger partial charge is 0.337 e. The Morgan fingerprint density at radius 1 is 1.10 bits per heavy atom. The summed E-state index contributed by atoms with van der Waals surface area (Å²) in [4.78, 5) is 11.7. The van der Waals surface area contributed by atoms with Crippen LogP contribution in [0.2, 0.25) is 0 Å². The van der Waals surface area contributed by atoms with Crippen molar-refractivity contribution >= 4 is 16.0 Å². The maximum atomic E-state index is 13.0. The first-order chi connectivity index (χ1) is 14.0. The number of ether oxygens (including phenoxy) is 1. The topological polar surface area (TPSA) is 94.4 Å². The zero-order valence-electron chi connectivity index (χ0n) is 15.8. The number of hydrogen-bond donors (Lipinski definition) is 0. The predicted octanol–water partition coefficient (Wildman–Crippen LogP) is 2.37. The van der Waals surface area contributed by atoms with Crippen molar-refractivity contribution in [2.75, 3.05) is 20.2 Å². The van der Waals surface area contributed by atoms with Gasteiger partial charge in [0.2, 0.25) is 10.0 Å². The van der Waals surface area contributed by atoms with Gasteiger partial charge in [0.05, 0.1) is 29.8 Å².